The molecule has 7 nitrogen and oxygen atoms in total. The van der Waals surface area contributed by atoms with Crippen LogP contribution in [-0.4, -0.2) is 28.5 Å². The Balaban J connectivity index is 2.54. The number of nitro benzene ring substituents is 1. The summed E-state index contributed by atoms with van der Waals surface area (Å²) in [6.45, 7) is 3.05. The Bertz CT molecular complexity index is 522. The lowest BCUT2D eigenvalue weighted by atomic mass is 9.94. The number of hydrogen-bond donors (Lipinski definition) is 2. The number of carbonyl (C=O) groups excluding carboxylic acids is 1. The third-order valence-electron chi connectivity index (χ3n) is 2.82. The molecule has 1 aromatic rings. The lowest BCUT2D eigenvalue weighted by Crippen LogP contribution is -2.39. The molecule has 0 unspecified atom stereocenters. The molecule has 108 valence electrons. The maximum absolute atomic E-state index is 11.7. The van der Waals surface area contributed by atoms with Crippen LogP contribution in [0.4, 0.5) is 5.69 Å². The summed E-state index contributed by atoms with van der Waals surface area (Å²) in [6.07, 6.45) is 0.0493. The van der Waals surface area contributed by atoms with E-state index in [0.717, 1.165) is 0 Å². The zero-order valence-electron chi connectivity index (χ0n) is 11.3. The minimum absolute atomic E-state index is 0.0220. The fourth-order valence-electron chi connectivity index (χ4n) is 1.38. The first-order valence-corrected chi connectivity index (χ1v) is 5.96. The molecule has 0 aliphatic carbocycles. The molecule has 0 aromatic heterocycles. The van der Waals surface area contributed by atoms with E-state index in [2.05, 4.69) is 5.32 Å². The molecular formula is C13H16N2O5. The van der Waals surface area contributed by atoms with Gasteiger partial charge in [0.1, 0.15) is 0 Å². The minimum atomic E-state index is -1.04. The van der Waals surface area contributed by atoms with Crippen LogP contribution in [0.3, 0.4) is 0 Å². The third-order valence-corrected chi connectivity index (χ3v) is 2.82. The van der Waals surface area contributed by atoms with E-state index in [4.69, 9.17) is 5.11 Å². The van der Waals surface area contributed by atoms with Crippen molar-refractivity contribution >= 4 is 17.6 Å². The monoisotopic (exact) mass is 280 g/mol. The molecule has 7 heteroatoms. The molecule has 0 saturated heterocycles. The number of aliphatic carboxylic acids is 1. The smallest absolute Gasteiger partial charge is 0.310 e. The van der Waals surface area contributed by atoms with Gasteiger partial charge in [-0.25, -0.2) is 0 Å². The SMILES string of the molecule is CC(C)(CNC(=O)Cc1ccc([N+](=O)[O-])cc1)C(=O)O. The molecule has 0 radical (unpaired) electrons. The number of amides is 1. The quantitative estimate of drug-likeness (QED) is 0.604. The van der Waals surface area contributed by atoms with Crippen molar-refractivity contribution in [1.82, 2.24) is 5.32 Å². The van der Waals surface area contributed by atoms with E-state index in [1.54, 1.807) is 0 Å². The predicted molar refractivity (Wildman–Crippen MR) is 71.2 cm³/mol. The summed E-state index contributed by atoms with van der Waals surface area (Å²) < 4.78 is 0. The molecule has 0 fully saturated rings. The summed E-state index contributed by atoms with van der Waals surface area (Å²) in [5.74, 6) is -1.32. The largest absolute Gasteiger partial charge is 0.481 e. The van der Waals surface area contributed by atoms with Crippen LogP contribution in [0.25, 0.3) is 0 Å². The maximum Gasteiger partial charge on any atom is 0.310 e. The number of non-ortho nitro benzene ring substituents is 1. The molecule has 0 heterocycles. The highest BCUT2D eigenvalue weighted by molar-refractivity contribution is 5.80. The first-order chi connectivity index (χ1) is 9.22. The van der Waals surface area contributed by atoms with Crippen molar-refractivity contribution in [2.45, 2.75) is 20.3 Å². The molecule has 1 rings (SSSR count). The number of nitrogens with one attached hydrogen (secondary N) is 1. The Hall–Kier alpha value is -2.44. The highest BCUT2D eigenvalue weighted by Gasteiger charge is 2.27. The van der Waals surface area contributed by atoms with Crippen LogP contribution in [0, 0.1) is 15.5 Å². The summed E-state index contributed by atoms with van der Waals surface area (Å²) in [6, 6.07) is 5.65. The van der Waals surface area contributed by atoms with Crippen molar-refractivity contribution in [1.29, 1.82) is 0 Å². The summed E-state index contributed by atoms with van der Waals surface area (Å²) in [4.78, 5) is 32.5. The molecule has 0 bridgehead atoms. The molecule has 0 atom stereocenters. The molecule has 0 saturated carbocycles. The lowest BCUT2D eigenvalue weighted by Gasteiger charge is -2.19. The molecule has 0 spiro atoms. The second kappa shape index (κ2) is 6.14. The van der Waals surface area contributed by atoms with Crippen molar-refractivity contribution in [2.75, 3.05) is 6.54 Å². The molecule has 1 aromatic carbocycles. The number of nitrogens with zero attached hydrogens (tertiary/aromatic N) is 1. The molecule has 0 aliphatic heterocycles. The lowest BCUT2D eigenvalue weighted by molar-refractivity contribution is -0.384. The number of rotatable bonds is 6. The van der Waals surface area contributed by atoms with Crippen LogP contribution in [0.5, 0.6) is 0 Å². The Morgan fingerprint density at radius 1 is 1.30 bits per heavy atom. The average Bonchev–Trinajstić information content (AvgIpc) is 2.37. The molecule has 2 N–H and O–H groups in total. The van der Waals surface area contributed by atoms with E-state index in [0.29, 0.717) is 5.56 Å². The van der Waals surface area contributed by atoms with Crippen LogP contribution >= 0.6 is 0 Å². The minimum Gasteiger partial charge on any atom is -0.481 e. The van der Waals surface area contributed by atoms with E-state index in [-0.39, 0.29) is 24.6 Å². The van der Waals surface area contributed by atoms with Gasteiger partial charge >= 0.3 is 5.97 Å². The van der Waals surface area contributed by atoms with Crippen molar-refractivity contribution in [3.8, 4) is 0 Å². The normalized spacial score (nSPS) is 10.9. The maximum atomic E-state index is 11.7. The summed E-state index contributed by atoms with van der Waals surface area (Å²) in [5.41, 5.74) is -0.451. The van der Waals surface area contributed by atoms with E-state index in [9.17, 15) is 19.7 Å². The van der Waals surface area contributed by atoms with Crippen LogP contribution in [0.2, 0.25) is 0 Å². The van der Waals surface area contributed by atoms with Gasteiger partial charge in [0.2, 0.25) is 5.91 Å². The molecular weight excluding hydrogens is 264 g/mol. The number of carboxylic acid groups (broad SMARTS) is 1. The second-order valence-corrected chi connectivity index (χ2v) is 5.07. The van der Waals surface area contributed by atoms with Crippen molar-refractivity contribution in [3.63, 3.8) is 0 Å². The van der Waals surface area contributed by atoms with Crippen LogP contribution < -0.4 is 5.32 Å². The molecule has 0 aliphatic rings. The van der Waals surface area contributed by atoms with Crippen LogP contribution in [0.15, 0.2) is 24.3 Å². The van der Waals surface area contributed by atoms with Gasteiger partial charge in [-0.2, -0.15) is 0 Å². The van der Waals surface area contributed by atoms with E-state index < -0.39 is 16.3 Å². The van der Waals surface area contributed by atoms with E-state index in [1.807, 2.05) is 0 Å². The first kappa shape index (κ1) is 15.6. The fourth-order valence-corrected chi connectivity index (χ4v) is 1.38. The number of hydrogen-bond acceptors (Lipinski definition) is 4. The third kappa shape index (κ3) is 4.34. The summed E-state index contributed by atoms with van der Waals surface area (Å²) >= 11 is 0. The van der Waals surface area contributed by atoms with E-state index >= 15 is 0 Å². The van der Waals surface area contributed by atoms with Gasteiger partial charge in [0, 0.05) is 18.7 Å². The standard InChI is InChI=1S/C13H16N2O5/c1-13(2,12(17)18)8-14-11(16)7-9-3-5-10(6-4-9)15(19)20/h3-6H,7-8H2,1-2H3,(H,14,16)(H,17,18). The summed E-state index contributed by atoms with van der Waals surface area (Å²) in [7, 11) is 0. The van der Waals surface area contributed by atoms with Gasteiger partial charge in [-0.05, 0) is 19.4 Å². The number of nitro groups is 1. The second-order valence-electron chi connectivity index (χ2n) is 5.07. The van der Waals surface area contributed by atoms with Gasteiger partial charge in [-0.15, -0.1) is 0 Å². The number of carboxylic acids is 1. The van der Waals surface area contributed by atoms with Gasteiger partial charge in [0.05, 0.1) is 16.8 Å². The van der Waals surface area contributed by atoms with Crippen LogP contribution in [-0.2, 0) is 16.0 Å². The van der Waals surface area contributed by atoms with Gasteiger partial charge in [0.25, 0.3) is 5.69 Å². The Morgan fingerprint density at radius 2 is 1.85 bits per heavy atom. The highest BCUT2D eigenvalue weighted by atomic mass is 16.6. The zero-order valence-corrected chi connectivity index (χ0v) is 11.3. The number of benzene rings is 1. The number of carbonyl (C=O) groups is 2. The Kier molecular flexibility index (Phi) is 4.79. The zero-order chi connectivity index (χ0) is 15.3. The van der Waals surface area contributed by atoms with E-state index in [1.165, 1.54) is 38.1 Å². The highest BCUT2D eigenvalue weighted by Crippen LogP contribution is 2.14. The summed E-state index contributed by atoms with van der Waals surface area (Å²) in [5, 5.41) is 21.9. The molecule has 1 amide bonds. The predicted octanol–water partition coefficient (Wildman–Crippen LogP) is 1.36. The first-order valence-electron chi connectivity index (χ1n) is 5.96. The Morgan fingerprint density at radius 3 is 2.30 bits per heavy atom. The fraction of sp³-hybridized carbons (Fsp3) is 0.385. The van der Waals surface area contributed by atoms with Gasteiger partial charge in [0.15, 0.2) is 0 Å². The van der Waals surface area contributed by atoms with Crippen molar-refractivity contribution < 1.29 is 19.6 Å². The van der Waals surface area contributed by atoms with Gasteiger partial charge < -0.3 is 10.4 Å². The van der Waals surface area contributed by atoms with Crippen molar-refractivity contribution in [2.24, 2.45) is 5.41 Å². The van der Waals surface area contributed by atoms with Gasteiger partial charge in [-0.3, -0.25) is 19.7 Å². The van der Waals surface area contributed by atoms with Gasteiger partial charge in [-0.1, -0.05) is 12.1 Å². The Labute approximate surface area is 115 Å². The topological polar surface area (TPSA) is 110 Å². The van der Waals surface area contributed by atoms with Crippen molar-refractivity contribution in [3.05, 3.63) is 39.9 Å². The average molecular weight is 280 g/mol. The molecule has 20 heavy (non-hydrogen) atoms. The van der Waals surface area contributed by atoms with Crippen LogP contribution in [0.1, 0.15) is 19.4 Å².